The van der Waals surface area contributed by atoms with E-state index in [4.69, 9.17) is 0 Å². The van der Waals surface area contributed by atoms with Crippen molar-refractivity contribution in [1.29, 1.82) is 0 Å². The van der Waals surface area contributed by atoms with Crippen molar-refractivity contribution in [3.63, 3.8) is 0 Å². The molecule has 8 heteroatoms. The molecular formula is C19H21FN3O4-. The van der Waals surface area contributed by atoms with Gasteiger partial charge in [0, 0.05) is 24.0 Å². The summed E-state index contributed by atoms with van der Waals surface area (Å²) in [6.45, 7) is 2.14. The molecule has 1 saturated carbocycles. The lowest BCUT2D eigenvalue weighted by Crippen LogP contribution is -2.36. The number of anilines is 1. The van der Waals surface area contributed by atoms with Gasteiger partial charge in [0.25, 0.3) is 0 Å². The number of halogens is 1. The predicted octanol–water partition coefficient (Wildman–Crippen LogP) is 1.55. The Hall–Kier alpha value is -2.90. The van der Waals surface area contributed by atoms with Gasteiger partial charge in [0.2, 0.25) is 5.91 Å². The van der Waals surface area contributed by atoms with Crippen LogP contribution < -0.4 is 21.4 Å². The minimum atomic E-state index is -1.61. The van der Waals surface area contributed by atoms with Crippen molar-refractivity contribution in [3.05, 3.63) is 39.9 Å². The highest BCUT2D eigenvalue weighted by Gasteiger charge is 2.21. The quantitative estimate of drug-likeness (QED) is 0.773. The minimum Gasteiger partial charge on any atom is -0.545 e. The number of carbonyl (C=O) groups is 2. The number of hydrogen-bond acceptors (Lipinski definition) is 5. The van der Waals surface area contributed by atoms with E-state index in [1.807, 2.05) is 0 Å². The van der Waals surface area contributed by atoms with Gasteiger partial charge >= 0.3 is 0 Å². The zero-order chi connectivity index (χ0) is 19.6. The number of hydrogen-bond donors (Lipinski definition) is 2. The van der Waals surface area contributed by atoms with Crippen LogP contribution in [0.25, 0.3) is 10.9 Å². The lowest BCUT2D eigenvalue weighted by atomic mass is 9.89. The predicted molar refractivity (Wildman–Crippen MR) is 96.5 cm³/mol. The summed E-state index contributed by atoms with van der Waals surface area (Å²) in [6, 6.07) is 2.36. The van der Waals surface area contributed by atoms with Crippen LogP contribution in [0, 0.1) is 11.7 Å². The lowest BCUT2D eigenvalue weighted by molar-refractivity contribution is -0.255. The molecule has 0 saturated heterocycles. The monoisotopic (exact) mass is 374 g/mol. The molecule has 0 spiro atoms. The van der Waals surface area contributed by atoms with Gasteiger partial charge in [-0.05, 0) is 31.9 Å². The zero-order valence-electron chi connectivity index (χ0n) is 15.0. The largest absolute Gasteiger partial charge is 0.545 e. The molecule has 2 N–H and O–H groups in total. The molecule has 1 amide bonds. The SMILES string of the molecule is CCn1cc(C(=O)[O-])c(=O)c2cc(F)c(NNC(=O)C3CCCCC3)cc21. The van der Waals surface area contributed by atoms with E-state index >= 15 is 0 Å². The molecule has 2 aromatic rings. The molecule has 1 fully saturated rings. The molecular weight excluding hydrogens is 353 g/mol. The molecule has 1 aromatic carbocycles. The summed E-state index contributed by atoms with van der Waals surface area (Å²) in [7, 11) is 0. The van der Waals surface area contributed by atoms with E-state index in [1.54, 1.807) is 6.92 Å². The molecule has 1 aliphatic rings. The van der Waals surface area contributed by atoms with E-state index in [1.165, 1.54) is 16.8 Å². The molecule has 27 heavy (non-hydrogen) atoms. The van der Waals surface area contributed by atoms with Gasteiger partial charge in [-0.15, -0.1) is 0 Å². The second-order valence-electron chi connectivity index (χ2n) is 6.74. The minimum absolute atomic E-state index is 0.00876. The number of nitrogens with zero attached hydrogens (tertiary/aromatic N) is 1. The maximum atomic E-state index is 14.4. The van der Waals surface area contributed by atoms with E-state index in [0.29, 0.717) is 12.1 Å². The molecule has 7 nitrogen and oxygen atoms in total. The number of amides is 1. The summed E-state index contributed by atoms with van der Waals surface area (Å²) in [5, 5.41) is 11.1. The second-order valence-corrected chi connectivity index (χ2v) is 6.74. The number of carboxylic acids is 1. The van der Waals surface area contributed by atoms with Gasteiger partial charge in [0.1, 0.15) is 5.82 Å². The summed E-state index contributed by atoms with van der Waals surface area (Å²) >= 11 is 0. The van der Waals surface area contributed by atoms with Crippen molar-refractivity contribution in [2.24, 2.45) is 5.92 Å². The highest BCUT2D eigenvalue weighted by atomic mass is 19.1. The third kappa shape index (κ3) is 3.79. The maximum absolute atomic E-state index is 14.4. The first kappa shape index (κ1) is 18.9. The fourth-order valence-electron chi connectivity index (χ4n) is 3.51. The Balaban J connectivity index is 1.92. The van der Waals surface area contributed by atoms with E-state index in [0.717, 1.165) is 38.2 Å². The highest BCUT2D eigenvalue weighted by Crippen LogP contribution is 2.24. The van der Waals surface area contributed by atoms with Crippen LogP contribution in [-0.2, 0) is 11.3 Å². The summed E-state index contributed by atoms with van der Waals surface area (Å²) < 4.78 is 16.0. The number of nitrogens with one attached hydrogen (secondary N) is 2. The molecule has 0 radical (unpaired) electrons. The fraction of sp³-hybridized carbons (Fsp3) is 0.421. The molecule has 1 aliphatic carbocycles. The molecule has 0 atom stereocenters. The fourth-order valence-corrected chi connectivity index (χ4v) is 3.51. The number of aromatic nitrogens is 1. The van der Waals surface area contributed by atoms with Gasteiger partial charge in [0.05, 0.1) is 22.7 Å². The van der Waals surface area contributed by atoms with E-state index in [9.17, 15) is 23.9 Å². The number of aromatic carboxylic acids is 1. The second kappa shape index (κ2) is 7.77. The van der Waals surface area contributed by atoms with E-state index < -0.39 is 22.8 Å². The van der Waals surface area contributed by atoms with Crippen molar-refractivity contribution in [3.8, 4) is 0 Å². The van der Waals surface area contributed by atoms with Crippen LogP contribution in [0.15, 0.2) is 23.1 Å². The molecule has 0 unspecified atom stereocenters. The normalized spacial score (nSPS) is 14.9. The number of hydrazine groups is 1. The lowest BCUT2D eigenvalue weighted by Gasteiger charge is -2.21. The van der Waals surface area contributed by atoms with Crippen LogP contribution in [0.3, 0.4) is 0 Å². The Bertz CT molecular complexity index is 948. The summed E-state index contributed by atoms with van der Waals surface area (Å²) in [4.78, 5) is 35.6. The van der Waals surface area contributed by atoms with Gasteiger partial charge in [-0.25, -0.2) is 4.39 Å². The summed E-state index contributed by atoms with van der Waals surface area (Å²) in [6.07, 6.45) is 5.95. The molecule has 144 valence electrons. The number of pyridine rings is 1. The Morgan fingerprint density at radius 2 is 1.96 bits per heavy atom. The van der Waals surface area contributed by atoms with Crippen molar-refractivity contribution in [2.45, 2.75) is 45.6 Å². The van der Waals surface area contributed by atoms with Crippen LogP contribution in [0.1, 0.15) is 49.4 Å². The van der Waals surface area contributed by atoms with Gasteiger partial charge in [-0.3, -0.25) is 20.4 Å². The number of aryl methyl sites for hydroxylation is 1. The first-order valence-corrected chi connectivity index (χ1v) is 9.06. The van der Waals surface area contributed by atoms with Crippen molar-refractivity contribution >= 4 is 28.5 Å². The smallest absolute Gasteiger partial charge is 0.241 e. The third-order valence-corrected chi connectivity index (χ3v) is 5.03. The topological polar surface area (TPSA) is 103 Å². The standard InChI is InChI=1S/C19H22FN3O4/c1-2-23-10-13(19(26)27)17(24)12-8-14(20)15(9-16(12)23)21-22-18(25)11-6-4-3-5-7-11/h8-11,21H,2-7H2,1H3,(H,22,25)(H,26,27)/p-1. The number of carbonyl (C=O) groups excluding carboxylic acids is 2. The average molecular weight is 374 g/mol. The van der Waals surface area contributed by atoms with E-state index in [-0.39, 0.29) is 22.9 Å². The number of rotatable bonds is 5. The Morgan fingerprint density at radius 1 is 1.26 bits per heavy atom. The van der Waals surface area contributed by atoms with Crippen LogP contribution in [0.4, 0.5) is 10.1 Å². The van der Waals surface area contributed by atoms with Crippen LogP contribution in [0.5, 0.6) is 0 Å². The number of carboxylic acid groups (broad SMARTS) is 1. The average Bonchev–Trinajstić information content (AvgIpc) is 2.67. The summed E-state index contributed by atoms with van der Waals surface area (Å²) in [5.74, 6) is -2.64. The molecule has 3 rings (SSSR count). The van der Waals surface area contributed by atoms with Crippen molar-refractivity contribution in [1.82, 2.24) is 9.99 Å². The van der Waals surface area contributed by atoms with Crippen LogP contribution in [-0.4, -0.2) is 16.4 Å². The zero-order valence-corrected chi connectivity index (χ0v) is 15.0. The number of fused-ring (bicyclic) bond motifs is 1. The third-order valence-electron chi connectivity index (χ3n) is 5.03. The van der Waals surface area contributed by atoms with Crippen molar-refractivity contribution in [2.75, 3.05) is 5.43 Å². The molecule has 0 bridgehead atoms. The Labute approximate surface area is 155 Å². The van der Waals surface area contributed by atoms with Crippen LogP contribution >= 0.6 is 0 Å². The molecule has 0 aliphatic heterocycles. The van der Waals surface area contributed by atoms with Gasteiger partial charge in [0.15, 0.2) is 5.43 Å². The first-order valence-electron chi connectivity index (χ1n) is 9.06. The van der Waals surface area contributed by atoms with Gasteiger partial charge in [-0.2, -0.15) is 0 Å². The molecule has 1 heterocycles. The summed E-state index contributed by atoms with van der Waals surface area (Å²) in [5.41, 5.74) is 4.18. The highest BCUT2D eigenvalue weighted by molar-refractivity contribution is 5.92. The first-order chi connectivity index (χ1) is 12.9. The van der Waals surface area contributed by atoms with Crippen LogP contribution in [0.2, 0.25) is 0 Å². The maximum Gasteiger partial charge on any atom is 0.241 e. The number of benzene rings is 1. The Kier molecular flexibility index (Phi) is 5.43. The molecule has 1 aromatic heterocycles. The van der Waals surface area contributed by atoms with Crippen molar-refractivity contribution < 1.29 is 19.1 Å². The van der Waals surface area contributed by atoms with E-state index in [2.05, 4.69) is 10.9 Å². The Morgan fingerprint density at radius 3 is 2.59 bits per heavy atom. The van der Waals surface area contributed by atoms with Gasteiger partial charge < -0.3 is 14.5 Å². The van der Waals surface area contributed by atoms with Gasteiger partial charge in [-0.1, -0.05) is 19.3 Å².